The Bertz CT molecular complexity index is 578. The molecule has 1 fully saturated rings. The highest BCUT2D eigenvalue weighted by molar-refractivity contribution is 9.10. The molecule has 2 aromatic rings. The monoisotopic (exact) mass is 316 g/mol. The van der Waals surface area contributed by atoms with Gasteiger partial charge >= 0.3 is 0 Å². The van der Waals surface area contributed by atoms with E-state index in [1.807, 2.05) is 0 Å². The molecule has 96 valence electrons. The largest absolute Gasteiger partial charge is 0.394 e. The number of nitrogens with zero attached hydrogens (tertiary/aromatic N) is 4. The molecule has 0 spiro atoms. The van der Waals surface area contributed by atoms with Crippen molar-refractivity contribution in [1.29, 1.82) is 0 Å². The van der Waals surface area contributed by atoms with Gasteiger partial charge < -0.3 is 9.84 Å². The van der Waals surface area contributed by atoms with Gasteiger partial charge in [0.25, 0.3) is 0 Å². The fraction of sp³-hybridized carbons (Fsp3) is 0.500. The van der Waals surface area contributed by atoms with Crippen molar-refractivity contribution >= 4 is 27.1 Å². The molecular formula is C10H10BrFN4O2. The van der Waals surface area contributed by atoms with Gasteiger partial charge in [-0.25, -0.2) is 19.3 Å². The van der Waals surface area contributed by atoms with Crippen LogP contribution in [0.2, 0.25) is 0 Å². The number of alkyl halides is 1. The van der Waals surface area contributed by atoms with Crippen molar-refractivity contribution in [1.82, 2.24) is 19.5 Å². The SMILES string of the molecule is OC[C@@H]1C[C@@H](F)[C@H](n2cnc3c(Br)ncnc32)O1. The molecular weight excluding hydrogens is 307 g/mol. The normalized spacial score (nSPS) is 28.1. The second-order valence-electron chi connectivity index (χ2n) is 4.07. The third-order valence-electron chi connectivity index (χ3n) is 2.92. The third kappa shape index (κ3) is 1.80. The van der Waals surface area contributed by atoms with Crippen LogP contribution in [0.5, 0.6) is 0 Å². The quantitative estimate of drug-likeness (QED) is 0.843. The molecule has 0 aromatic carbocycles. The number of hydrogen-bond acceptors (Lipinski definition) is 5. The van der Waals surface area contributed by atoms with Gasteiger partial charge in [0.1, 0.15) is 22.6 Å². The maximum Gasteiger partial charge on any atom is 0.168 e. The van der Waals surface area contributed by atoms with E-state index in [1.54, 1.807) is 0 Å². The predicted octanol–water partition coefficient (Wildman–Crippen LogP) is 1.21. The van der Waals surface area contributed by atoms with Crippen molar-refractivity contribution in [2.45, 2.75) is 24.9 Å². The van der Waals surface area contributed by atoms with Crippen LogP contribution in [0.25, 0.3) is 11.2 Å². The summed E-state index contributed by atoms with van der Waals surface area (Å²) in [6, 6.07) is 0. The molecule has 1 saturated heterocycles. The van der Waals surface area contributed by atoms with Gasteiger partial charge in [-0.15, -0.1) is 0 Å². The highest BCUT2D eigenvalue weighted by Gasteiger charge is 2.37. The molecule has 2 aromatic heterocycles. The Morgan fingerprint density at radius 1 is 1.50 bits per heavy atom. The van der Waals surface area contributed by atoms with Crippen molar-refractivity contribution in [2.75, 3.05) is 6.61 Å². The molecule has 0 bridgehead atoms. The van der Waals surface area contributed by atoms with Crippen LogP contribution in [0.3, 0.4) is 0 Å². The molecule has 0 unspecified atom stereocenters. The highest BCUT2D eigenvalue weighted by atomic mass is 79.9. The zero-order chi connectivity index (χ0) is 12.7. The Hall–Kier alpha value is -1.12. The van der Waals surface area contributed by atoms with E-state index in [-0.39, 0.29) is 13.0 Å². The Morgan fingerprint density at radius 3 is 3.06 bits per heavy atom. The minimum absolute atomic E-state index is 0.174. The van der Waals surface area contributed by atoms with E-state index >= 15 is 0 Å². The van der Waals surface area contributed by atoms with Crippen molar-refractivity contribution in [3.63, 3.8) is 0 Å². The zero-order valence-electron chi connectivity index (χ0n) is 9.20. The van der Waals surface area contributed by atoms with Gasteiger partial charge in [-0.3, -0.25) is 4.57 Å². The van der Waals surface area contributed by atoms with Crippen LogP contribution in [-0.4, -0.2) is 43.5 Å². The average Bonchev–Trinajstić information content (AvgIpc) is 2.93. The number of halogens is 2. The van der Waals surface area contributed by atoms with Crippen LogP contribution < -0.4 is 0 Å². The maximum atomic E-state index is 13.9. The molecule has 8 heteroatoms. The number of aromatic nitrogens is 4. The predicted molar refractivity (Wildman–Crippen MR) is 63.5 cm³/mol. The lowest BCUT2D eigenvalue weighted by molar-refractivity contribution is -0.0351. The number of fused-ring (bicyclic) bond motifs is 1. The standard InChI is InChI=1S/C10H10BrFN4O2/c11-8-7-9(14-3-13-8)16(4-15-7)10-6(12)1-5(2-17)18-10/h3-6,10,17H,1-2H2/t5-,6+,10+/m0/s1. The summed E-state index contributed by atoms with van der Waals surface area (Å²) in [7, 11) is 0. The topological polar surface area (TPSA) is 73.1 Å². The summed E-state index contributed by atoms with van der Waals surface area (Å²) in [5.41, 5.74) is 1.06. The lowest BCUT2D eigenvalue weighted by Crippen LogP contribution is -2.16. The number of aliphatic hydroxyl groups excluding tert-OH is 1. The number of ether oxygens (including phenoxy) is 1. The molecule has 1 aliphatic heterocycles. The third-order valence-corrected chi connectivity index (χ3v) is 3.50. The van der Waals surface area contributed by atoms with Crippen molar-refractivity contribution in [3.8, 4) is 0 Å². The van der Waals surface area contributed by atoms with Crippen molar-refractivity contribution < 1.29 is 14.2 Å². The number of hydrogen-bond donors (Lipinski definition) is 1. The molecule has 3 heterocycles. The van der Waals surface area contributed by atoms with Gasteiger partial charge in [-0.1, -0.05) is 0 Å². The smallest absolute Gasteiger partial charge is 0.168 e. The number of rotatable bonds is 2. The van der Waals surface area contributed by atoms with E-state index in [4.69, 9.17) is 9.84 Å². The van der Waals surface area contributed by atoms with Gasteiger partial charge in [0.2, 0.25) is 0 Å². The Labute approximate surface area is 110 Å². The first-order valence-electron chi connectivity index (χ1n) is 5.44. The molecule has 0 aliphatic carbocycles. The molecule has 18 heavy (non-hydrogen) atoms. The van der Waals surface area contributed by atoms with Crippen LogP contribution >= 0.6 is 15.9 Å². The summed E-state index contributed by atoms with van der Waals surface area (Å²) in [5.74, 6) is 0. The summed E-state index contributed by atoms with van der Waals surface area (Å²) < 4.78 is 21.4. The summed E-state index contributed by atoms with van der Waals surface area (Å²) in [6.07, 6.45) is 0.555. The van der Waals surface area contributed by atoms with E-state index in [2.05, 4.69) is 30.9 Å². The Balaban J connectivity index is 2.02. The van der Waals surface area contributed by atoms with Gasteiger partial charge in [0.05, 0.1) is 19.0 Å². The molecule has 0 radical (unpaired) electrons. The number of imidazole rings is 1. The van der Waals surface area contributed by atoms with E-state index in [1.165, 1.54) is 17.2 Å². The summed E-state index contributed by atoms with van der Waals surface area (Å²) in [4.78, 5) is 12.2. The second-order valence-corrected chi connectivity index (χ2v) is 4.82. The molecule has 3 rings (SSSR count). The van der Waals surface area contributed by atoms with E-state index in [0.717, 1.165) is 0 Å². The van der Waals surface area contributed by atoms with Gasteiger partial charge in [-0.2, -0.15) is 0 Å². The lowest BCUT2D eigenvalue weighted by Gasteiger charge is -2.15. The fourth-order valence-electron chi connectivity index (χ4n) is 2.07. The van der Waals surface area contributed by atoms with Crippen LogP contribution in [0.4, 0.5) is 4.39 Å². The maximum absolute atomic E-state index is 13.9. The molecule has 0 amide bonds. The summed E-state index contributed by atoms with van der Waals surface area (Å²) in [5, 5.41) is 9.01. The van der Waals surface area contributed by atoms with Crippen LogP contribution in [0, 0.1) is 0 Å². The van der Waals surface area contributed by atoms with Gasteiger partial charge in [0, 0.05) is 6.42 Å². The highest BCUT2D eigenvalue weighted by Crippen LogP contribution is 2.33. The molecule has 6 nitrogen and oxygen atoms in total. The minimum Gasteiger partial charge on any atom is -0.394 e. The first-order valence-corrected chi connectivity index (χ1v) is 6.23. The molecule has 1 N–H and O–H groups in total. The van der Waals surface area contributed by atoms with E-state index in [0.29, 0.717) is 15.8 Å². The minimum atomic E-state index is -1.19. The van der Waals surface area contributed by atoms with Crippen LogP contribution in [0.15, 0.2) is 17.3 Å². The van der Waals surface area contributed by atoms with Crippen molar-refractivity contribution in [2.24, 2.45) is 0 Å². The van der Waals surface area contributed by atoms with Crippen LogP contribution in [0.1, 0.15) is 12.6 Å². The first kappa shape index (κ1) is 11.9. The second kappa shape index (κ2) is 4.52. The van der Waals surface area contributed by atoms with Gasteiger partial charge in [0.15, 0.2) is 11.9 Å². The average molecular weight is 317 g/mol. The Morgan fingerprint density at radius 2 is 2.33 bits per heavy atom. The van der Waals surface area contributed by atoms with Gasteiger partial charge in [-0.05, 0) is 15.9 Å². The zero-order valence-corrected chi connectivity index (χ0v) is 10.8. The van der Waals surface area contributed by atoms with E-state index < -0.39 is 18.5 Å². The Kier molecular flexibility index (Phi) is 3.00. The fourth-order valence-corrected chi connectivity index (χ4v) is 2.44. The summed E-state index contributed by atoms with van der Waals surface area (Å²) in [6.45, 7) is -0.192. The molecule has 0 saturated carbocycles. The molecule has 3 atom stereocenters. The molecule has 1 aliphatic rings. The summed E-state index contributed by atoms with van der Waals surface area (Å²) >= 11 is 3.26. The van der Waals surface area contributed by atoms with Crippen molar-refractivity contribution in [3.05, 3.63) is 17.3 Å². The van der Waals surface area contributed by atoms with Crippen LogP contribution in [-0.2, 0) is 4.74 Å². The van der Waals surface area contributed by atoms with E-state index in [9.17, 15) is 4.39 Å². The number of aliphatic hydroxyl groups is 1. The lowest BCUT2D eigenvalue weighted by atomic mass is 10.2. The first-order chi connectivity index (χ1) is 8.70.